The molecule has 2 rings (SSSR count). The number of hydrogen-bond donors (Lipinski definition) is 2. The van der Waals surface area contributed by atoms with Gasteiger partial charge in [-0.2, -0.15) is 0 Å². The second-order valence-electron chi connectivity index (χ2n) is 4.94. The maximum Gasteiger partial charge on any atom is 0.242 e. The number of hydrogen-bond acceptors (Lipinski definition) is 6. The first kappa shape index (κ1) is 15.9. The molecule has 0 amide bonds. The molecule has 114 valence electrons. The van der Waals surface area contributed by atoms with Gasteiger partial charge in [0.2, 0.25) is 10.0 Å². The van der Waals surface area contributed by atoms with Crippen LogP contribution in [0.5, 0.6) is 0 Å². The van der Waals surface area contributed by atoms with E-state index < -0.39 is 10.0 Å². The largest absolute Gasteiger partial charge is 0.391 e. The molecule has 1 atom stereocenters. The van der Waals surface area contributed by atoms with Gasteiger partial charge in [-0.25, -0.2) is 13.1 Å². The lowest BCUT2D eigenvalue weighted by Crippen LogP contribution is -2.45. The molecule has 1 saturated heterocycles. The van der Waals surface area contributed by atoms with E-state index in [4.69, 9.17) is 4.74 Å². The molecule has 0 bridgehead atoms. The third kappa shape index (κ3) is 3.57. The molecule has 1 aliphatic rings. The second kappa shape index (κ2) is 6.50. The minimum atomic E-state index is -3.61. The molecule has 6 nitrogen and oxygen atoms in total. The minimum Gasteiger partial charge on any atom is -0.391 e. The molecule has 2 heterocycles. The van der Waals surface area contributed by atoms with Gasteiger partial charge in [0, 0.05) is 19.6 Å². The third-order valence-electron chi connectivity index (χ3n) is 3.24. The van der Waals surface area contributed by atoms with Crippen molar-refractivity contribution in [2.75, 3.05) is 33.3 Å². The highest BCUT2D eigenvalue weighted by Crippen LogP contribution is 2.26. The molecule has 1 unspecified atom stereocenters. The molecule has 0 radical (unpaired) electrons. The zero-order valence-corrected chi connectivity index (χ0v) is 13.3. The van der Waals surface area contributed by atoms with Gasteiger partial charge in [-0.15, -0.1) is 11.3 Å². The first-order valence-corrected chi connectivity index (χ1v) is 8.78. The van der Waals surface area contributed by atoms with Gasteiger partial charge in [0.15, 0.2) is 0 Å². The fraction of sp³-hybridized carbons (Fsp3) is 0.667. The number of rotatable bonds is 5. The number of sulfonamides is 1. The molecule has 0 aliphatic carbocycles. The Hall–Kier alpha value is -0.510. The van der Waals surface area contributed by atoms with E-state index in [0.29, 0.717) is 23.6 Å². The van der Waals surface area contributed by atoms with E-state index in [0.717, 1.165) is 6.54 Å². The highest BCUT2D eigenvalue weighted by molar-refractivity contribution is 7.89. The smallest absolute Gasteiger partial charge is 0.242 e. The van der Waals surface area contributed by atoms with Crippen molar-refractivity contribution in [3.8, 4) is 0 Å². The Morgan fingerprint density at radius 1 is 1.60 bits per heavy atom. The van der Waals surface area contributed by atoms with Gasteiger partial charge in [-0.3, -0.25) is 0 Å². The topological polar surface area (TPSA) is 78.9 Å². The Balaban J connectivity index is 2.05. The number of ether oxygens (including phenoxy) is 1. The van der Waals surface area contributed by atoms with Crippen LogP contribution in [0.25, 0.3) is 0 Å². The lowest BCUT2D eigenvalue weighted by atomic mass is 10.3. The van der Waals surface area contributed by atoms with E-state index in [1.807, 2.05) is 7.05 Å². The van der Waals surface area contributed by atoms with E-state index in [2.05, 4.69) is 9.62 Å². The number of aryl methyl sites for hydroxylation is 1. The molecule has 0 saturated carbocycles. The van der Waals surface area contributed by atoms with Gasteiger partial charge in [0.1, 0.15) is 4.90 Å². The molecule has 8 heteroatoms. The normalized spacial score (nSPS) is 21.2. The van der Waals surface area contributed by atoms with Crippen molar-refractivity contribution in [1.82, 2.24) is 9.62 Å². The molecule has 1 aromatic heterocycles. The monoisotopic (exact) mass is 320 g/mol. The van der Waals surface area contributed by atoms with Crippen LogP contribution in [0.15, 0.2) is 10.3 Å². The summed E-state index contributed by atoms with van der Waals surface area (Å²) in [5, 5.41) is 11.0. The Labute approximate surface area is 123 Å². The van der Waals surface area contributed by atoms with Gasteiger partial charge in [0.25, 0.3) is 0 Å². The number of nitrogens with zero attached hydrogens (tertiary/aromatic N) is 1. The van der Waals surface area contributed by atoms with Crippen LogP contribution in [0.4, 0.5) is 0 Å². The summed E-state index contributed by atoms with van der Waals surface area (Å²) in [6.45, 7) is 3.89. The number of aliphatic hydroxyl groups is 1. The van der Waals surface area contributed by atoms with E-state index in [1.54, 1.807) is 12.3 Å². The first-order chi connectivity index (χ1) is 9.44. The maximum atomic E-state index is 12.3. The SMILES string of the molecule is Cc1csc(CO)c1S(=O)(=O)NCC1CN(C)CCO1. The zero-order chi connectivity index (χ0) is 14.8. The van der Waals surface area contributed by atoms with Crippen molar-refractivity contribution in [2.45, 2.75) is 24.5 Å². The van der Waals surface area contributed by atoms with E-state index in [9.17, 15) is 13.5 Å². The second-order valence-corrected chi connectivity index (χ2v) is 7.60. The van der Waals surface area contributed by atoms with Crippen LogP contribution in [0.3, 0.4) is 0 Å². The lowest BCUT2D eigenvalue weighted by molar-refractivity contribution is -0.0156. The third-order valence-corrected chi connectivity index (χ3v) is 6.12. The average Bonchev–Trinajstić information content (AvgIpc) is 2.78. The number of thiophene rings is 1. The Kier molecular flexibility index (Phi) is 5.16. The number of morpholine rings is 1. The van der Waals surface area contributed by atoms with Crippen LogP contribution in [0, 0.1) is 6.92 Å². The Morgan fingerprint density at radius 2 is 2.35 bits per heavy atom. The highest BCUT2D eigenvalue weighted by atomic mass is 32.2. The van der Waals surface area contributed by atoms with Crippen molar-refractivity contribution in [2.24, 2.45) is 0 Å². The molecular weight excluding hydrogens is 300 g/mol. The van der Waals surface area contributed by atoms with Gasteiger partial charge in [-0.1, -0.05) is 0 Å². The number of nitrogens with one attached hydrogen (secondary N) is 1. The van der Waals surface area contributed by atoms with Crippen LogP contribution < -0.4 is 4.72 Å². The van der Waals surface area contributed by atoms with Crippen LogP contribution in [0.2, 0.25) is 0 Å². The van der Waals surface area contributed by atoms with Gasteiger partial charge < -0.3 is 14.7 Å². The molecule has 0 spiro atoms. The summed E-state index contributed by atoms with van der Waals surface area (Å²) in [6.07, 6.45) is -0.139. The summed E-state index contributed by atoms with van der Waals surface area (Å²) in [4.78, 5) is 2.78. The van der Waals surface area contributed by atoms with Crippen molar-refractivity contribution in [3.05, 3.63) is 15.8 Å². The summed E-state index contributed by atoms with van der Waals surface area (Å²) < 4.78 is 32.8. The van der Waals surface area contributed by atoms with Gasteiger partial charge >= 0.3 is 0 Å². The molecular formula is C12H20N2O4S2. The van der Waals surface area contributed by atoms with Crippen LogP contribution in [-0.4, -0.2) is 57.8 Å². The van der Waals surface area contributed by atoms with E-state index >= 15 is 0 Å². The van der Waals surface area contributed by atoms with Crippen molar-refractivity contribution >= 4 is 21.4 Å². The van der Waals surface area contributed by atoms with Crippen LogP contribution in [-0.2, 0) is 21.4 Å². The molecule has 1 fully saturated rings. The fourth-order valence-electron chi connectivity index (χ4n) is 2.22. The predicted molar refractivity (Wildman–Crippen MR) is 77.4 cm³/mol. The average molecular weight is 320 g/mol. The summed E-state index contributed by atoms with van der Waals surface area (Å²) in [5.74, 6) is 0. The first-order valence-electron chi connectivity index (χ1n) is 6.41. The molecule has 1 aliphatic heterocycles. The summed E-state index contributed by atoms with van der Waals surface area (Å²) in [5.41, 5.74) is 0.660. The summed E-state index contributed by atoms with van der Waals surface area (Å²) in [7, 11) is -1.62. The van der Waals surface area contributed by atoms with Crippen LogP contribution >= 0.6 is 11.3 Å². The zero-order valence-electron chi connectivity index (χ0n) is 11.6. The number of aliphatic hydroxyl groups excluding tert-OH is 1. The van der Waals surface area contributed by atoms with Gasteiger partial charge in [0.05, 0.1) is 24.2 Å². The van der Waals surface area contributed by atoms with Crippen LogP contribution in [0.1, 0.15) is 10.4 Å². The Bertz CT molecular complexity index is 556. The Morgan fingerprint density at radius 3 is 3.00 bits per heavy atom. The maximum absolute atomic E-state index is 12.3. The summed E-state index contributed by atoms with van der Waals surface area (Å²) >= 11 is 1.26. The molecule has 0 aromatic carbocycles. The number of likely N-dealkylation sites (N-methyl/N-ethyl adjacent to an activating group) is 1. The standard InChI is InChI=1S/C12H20N2O4S2/c1-9-8-19-11(7-15)12(9)20(16,17)13-5-10-6-14(2)3-4-18-10/h8,10,13,15H,3-7H2,1-2H3. The minimum absolute atomic E-state index is 0.139. The quantitative estimate of drug-likeness (QED) is 0.808. The van der Waals surface area contributed by atoms with Crippen molar-refractivity contribution in [1.29, 1.82) is 0 Å². The molecule has 2 N–H and O–H groups in total. The van der Waals surface area contributed by atoms with Crippen molar-refractivity contribution < 1.29 is 18.3 Å². The van der Waals surface area contributed by atoms with Crippen molar-refractivity contribution in [3.63, 3.8) is 0 Å². The fourth-order valence-corrected chi connectivity index (χ4v) is 4.95. The van der Waals surface area contributed by atoms with Gasteiger partial charge in [-0.05, 0) is 24.9 Å². The summed E-state index contributed by atoms with van der Waals surface area (Å²) in [6, 6.07) is 0. The molecule has 20 heavy (non-hydrogen) atoms. The highest BCUT2D eigenvalue weighted by Gasteiger charge is 2.25. The lowest BCUT2D eigenvalue weighted by Gasteiger charge is -2.30. The predicted octanol–water partition coefficient (Wildman–Crippen LogP) is 0.158. The van der Waals surface area contributed by atoms with E-state index in [-0.39, 0.29) is 24.2 Å². The molecule has 1 aromatic rings. The van der Waals surface area contributed by atoms with E-state index in [1.165, 1.54) is 11.3 Å².